The average Bonchev–Trinajstić information content (AvgIpc) is 2.70. The highest BCUT2D eigenvalue weighted by Gasteiger charge is 2.18. The lowest BCUT2D eigenvalue weighted by molar-refractivity contribution is 0.0603. The molecule has 0 saturated heterocycles. The summed E-state index contributed by atoms with van der Waals surface area (Å²) >= 11 is 0. The van der Waals surface area contributed by atoms with Crippen LogP contribution in [0.2, 0.25) is 0 Å². The molecule has 146 valence electrons. The van der Waals surface area contributed by atoms with Crippen LogP contribution in [0.1, 0.15) is 19.5 Å². The lowest BCUT2D eigenvalue weighted by atomic mass is 10.1. The topological polar surface area (TPSA) is 93.8 Å². The van der Waals surface area contributed by atoms with Crippen molar-refractivity contribution in [1.29, 1.82) is 0 Å². The molecule has 0 spiro atoms. The number of aryl methyl sites for hydroxylation is 1. The Bertz CT molecular complexity index is 1230. The van der Waals surface area contributed by atoms with Crippen molar-refractivity contribution < 1.29 is 5.11 Å². The Morgan fingerprint density at radius 3 is 2.59 bits per heavy atom. The predicted octanol–water partition coefficient (Wildman–Crippen LogP) is 2.99. The van der Waals surface area contributed by atoms with Crippen LogP contribution in [0.4, 0.5) is 0 Å². The minimum absolute atomic E-state index is 0.140. The molecule has 0 aliphatic carbocycles. The van der Waals surface area contributed by atoms with Gasteiger partial charge < -0.3 is 5.11 Å². The fourth-order valence-corrected chi connectivity index (χ4v) is 3.17. The highest BCUT2D eigenvalue weighted by molar-refractivity contribution is 5.93. The van der Waals surface area contributed by atoms with Gasteiger partial charge in [0.25, 0.3) is 5.56 Å². The van der Waals surface area contributed by atoms with Crippen LogP contribution in [-0.4, -0.2) is 35.2 Å². The second kappa shape index (κ2) is 7.18. The van der Waals surface area contributed by atoms with Gasteiger partial charge in [-0.15, -0.1) is 0 Å². The average molecular weight is 387 g/mol. The number of aliphatic hydroxyl groups is 1. The zero-order valence-corrected chi connectivity index (χ0v) is 16.5. The van der Waals surface area contributed by atoms with E-state index in [9.17, 15) is 9.90 Å². The molecule has 0 radical (unpaired) electrons. The van der Waals surface area contributed by atoms with E-state index in [-0.39, 0.29) is 12.1 Å². The monoisotopic (exact) mass is 387 g/mol. The largest absolute Gasteiger partial charge is 0.389 e. The van der Waals surface area contributed by atoms with Crippen molar-refractivity contribution >= 4 is 10.9 Å². The number of nitrogens with zero attached hydrogens (tertiary/aromatic N) is 5. The Hall–Kier alpha value is -3.45. The Morgan fingerprint density at radius 1 is 1.10 bits per heavy atom. The molecule has 4 heterocycles. The Labute approximate surface area is 167 Å². The fraction of sp³-hybridized carbons (Fsp3) is 0.227. The van der Waals surface area contributed by atoms with Crippen LogP contribution < -0.4 is 5.56 Å². The van der Waals surface area contributed by atoms with E-state index in [4.69, 9.17) is 4.98 Å². The molecule has 0 amide bonds. The zero-order chi connectivity index (χ0) is 20.6. The minimum Gasteiger partial charge on any atom is -0.389 e. The number of fused-ring (bicyclic) bond motifs is 1. The summed E-state index contributed by atoms with van der Waals surface area (Å²) in [5.74, 6) is 0. The number of aromatic nitrogens is 5. The molecule has 29 heavy (non-hydrogen) atoms. The van der Waals surface area contributed by atoms with Crippen LogP contribution in [0.5, 0.6) is 0 Å². The molecule has 0 bridgehead atoms. The van der Waals surface area contributed by atoms with E-state index in [1.54, 1.807) is 38.5 Å². The van der Waals surface area contributed by atoms with Gasteiger partial charge in [-0.3, -0.25) is 19.3 Å². The van der Waals surface area contributed by atoms with Crippen molar-refractivity contribution in [1.82, 2.24) is 24.5 Å². The highest BCUT2D eigenvalue weighted by atomic mass is 16.3. The number of rotatable bonds is 4. The maximum Gasteiger partial charge on any atom is 0.261 e. The molecule has 0 atom stereocenters. The normalized spacial score (nSPS) is 11.7. The second-order valence-electron chi connectivity index (χ2n) is 7.67. The summed E-state index contributed by atoms with van der Waals surface area (Å²) in [6.07, 6.45) is 6.58. The minimum atomic E-state index is -1.04. The SMILES string of the molecule is Cc1ccc(-c2cc3c(=O)n(CC(C)(C)O)cnc3c(-c3cccnc3)n2)cn1. The van der Waals surface area contributed by atoms with E-state index in [0.717, 1.165) is 16.8 Å². The summed E-state index contributed by atoms with van der Waals surface area (Å²) in [7, 11) is 0. The smallest absolute Gasteiger partial charge is 0.261 e. The predicted molar refractivity (Wildman–Crippen MR) is 111 cm³/mol. The third kappa shape index (κ3) is 3.90. The lowest BCUT2D eigenvalue weighted by Crippen LogP contribution is -2.33. The Kier molecular flexibility index (Phi) is 4.68. The van der Waals surface area contributed by atoms with Gasteiger partial charge in [0.2, 0.25) is 0 Å². The zero-order valence-electron chi connectivity index (χ0n) is 16.5. The highest BCUT2D eigenvalue weighted by Crippen LogP contribution is 2.28. The van der Waals surface area contributed by atoms with Gasteiger partial charge in [-0.05, 0) is 51.1 Å². The van der Waals surface area contributed by atoms with E-state index >= 15 is 0 Å². The molecular formula is C22H21N5O2. The standard InChI is InChI=1S/C22H21N5O2/c1-14-6-7-15(11-24-14)18-9-17-20(19(26-18)16-5-4-8-23-10-16)25-13-27(21(17)28)12-22(2,3)29/h4-11,13,29H,12H2,1-3H3. The van der Waals surface area contributed by atoms with E-state index in [1.165, 1.54) is 10.9 Å². The van der Waals surface area contributed by atoms with E-state index in [0.29, 0.717) is 22.3 Å². The van der Waals surface area contributed by atoms with Crippen LogP contribution in [0, 0.1) is 6.92 Å². The molecule has 7 nitrogen and oxygen atoms in total. The molecule has 0 aromatic carbocycles. The van der Waals surface area contributed by atoms with E-state index in [2.05, 4.69) is 15.0 Å². The molecule has 1 N–H and O–H groups in total. The number of hydrogen-bond donors (Lipinski definition) is 1. The van der Waals surface area contributed by atoms with Crippen molar-refractivity contribution in [3.05, 3.63) is 71.3 Å². The van der Waals surface area contributed by atoms with Crippen LogP contribution >= 0.6 is 0 Å². The fourth-order valence-electron chi connectivity index (χ4n) is 3.17. The van der Waals surface area contributed by atoms with Crippen LogP contribution in [-0.2, 0) is 6.54 Å². The molecule has 4 aromatic heterocycles. The number of pyridine rings is 3. The van der Waals surface area contributed by atoms with Gasteiger partial charge in [0, 0.05) is 35.4 Å². The van der Waals surface area contributed by atoms with Crippen LogP contribution in [0.3, 0.4) is 0 Å². The Morgan fingerprint density at radius 2 is 1.93 bits per heavy atom. The van der Waals surface area contributed by atoms with Crippen LogP contribution in [0.15, 0.2) is 60.0 Å². The quantitative estimate of drug-likeness (QED) is 0.579. The first-order valence-electron chi connectivity index (χ1n) is 9.28. The van der Waals surface area contributed by atoms with Gasteiger partial charge >= 0.3 is 0 Å². The molecule has 0 unspecified atom stereocenters. The first-order chi connectivity index (χ1) is 13.8. The van der Waals surface area contributed by atoms with Gasteiger partial charge in [-0.25, -0.2) is 9.97 Å². The van der Waals surface area contributed by atoms with Gasteiger partial charge in [0.05, 0.1) is 35.2 Å². The van der Waals surface area contributed by atoms with Crippen molar-refractivity contribution in [2.75, 3.05) is 0 Å². The summed E-state index contributed by atoms with van der Waals surface area (Å²) in [5, 5.41) is 10.6. The van der Waals surface area contributed by atoms with E-state index < -0.39 is 5.60 Å². The first kappa shape index (κ1) is 18.9. The van der Waals surface area contributed by atoms with Crippen molar-refractivity contribution in [2.45, 2.75) is 32.9 Å². The van der Waals surface area contributed by atoms with Gasteiger partial charge in [-0.1, -0.05) is 0 Å². The molecule has 4 rings (SSSR count). The molecule has 0 fully saturated rings. The maximum absolute atomic E-state index is 13.2. The summed E-state index contributed by atoms with van der Waals surface area (Å²) in [6.45, 7) is 5.36. The van der Waals surface area contributed by atoms with Crippen LogP contribution in [0.25, 0.3) is 33.4 Å². The molecule has 0 aliphatic heterocycles. The van der Waals surface area contributed by atoms with E-state index in [1.807, 2.05) is 31.2 Å². The molecule has 7 heteroatoms. The summed E-state index contributed by atoms with van der Waals surface area (Å²) in [6, 6.07) is 9.27. The first-order valence-corrected chi connectivity index (χ1v) is 9.28. The maximum atomic E-state index is 13.2. The number of hydrogen-bond acceptors (Lipinski definition) is 6. The van der Waals surface area contributed by atoms with Gasteiger partial charge in [-0.2, -0.15) is 0 Å². The lowest BCUT2D eigenvalue weighted by Gasteiger charge is -2.19. The third-order valence-electron chi connectivity index (χ3n) is 4.51. The summed E-state index contributed by atoms with van der Waals surface area (Å²) < 4.78 is 1.42. The molecular weight excluding hydrogens is 366 g/mol. The molecule has 0 aliphatic rings. The summed E-state index contributed by atoms with van der Waals surface area (Å²) in [5.41, 5.74) is 2.91. The second-order valence-corrected chi connectivity index (χ2v) is 7.67. The van der Waals surface area contributed by atoms with Crippen molar-refractivity contribution in [2.24, 2.45) is 0 Å². The van der Waals surface area contributed by atoms with Crippen molar-refractivity contribution in [3.63, 3.8) is 0 Å². The summed E-state index contributed by atoms with van der Waals surface area (Å²) in [4.78, 5) is 31.0. The third-order valence-corrected chi connectivity index (χ3v) is 4.51. The van der Waals surface area contributed by atoms with Gasteiger partial charge in [0.15, 0.2) is 0 Å². The van der Waals surface area contributed by atoms with Crippen molar-refractivity contribution in [3.8, 4) is 22.5 Å². The van der Waals surface area contributed by atoms with Gasteiger partial charge in [0.1, 0.15) is 5.52 Å². The molecule has 4 aromatic rings. The molecule has 0 saturated carbocycles. The Balaban J connectivity index is 2.01.